The fourth-order valence-corrected chi connectivity index (χ4v) is 2.49. The maximum atomic E-state index is 11.7. The van der Waals surface area contributed by atoms with Crippen LogP contribution in [0.25, 0.3) is 0 Å². The van der Waals surface area contributed by atoms with Gasteiger partial charge in [0.05, 0.1) is 11.5 Å². The van der Waals surface area contributed by atoms with Gasteiger partial charge in [0.25, 0.3) is 0 Å². The summed E-state index contributed by atoms with van der Waals surface area (Å²) in [5.41, 5.74) is 4.81. The molecule has 0 aromatic heterocycles. The third-order valence-corrected chi connectivity index (χ3v) is 3.18. The van der Waals surface area contributed by atoms with Crippen molar-refractivity contribution in [2.75, 3.05) is 6.54 Å². The van der Waals surface area contributed by atoms with Gasteiger partial charge in [-0.15, -0.1) is 0 Å². The smallest absolute Gasteiger partial charge is 0.234 e. The van der Waals surface area contributed by atoms with Gasteiger partial charge in [0.1, 0.15) is 0 Å². The molecule has 2 aliphatic rings. The van der Waals surface area contributed by atoms with Crippen molar-refractivity contribution >= 4 is 11.8 Å². The molecule has 0 saturated carbocycles. The highest BCUT2D eigenvalue weighted by molar-refractivity contribution is 5.88. The average molecular weight is 197 g/mol. The van der Waals surface area contributed by atoms with Gasteiger partial charge in [-0.1, -0.05) is 0 Å². The van der Waals surface area contributed by atoms with Gasteiger partial charge in [-0.25, -0.2) is 0 Å². The van der Waals surface area contributed by atoms with Crippen LogP contribution in [0.1, 0.15) is 19.8 Å². The summed E-state index contributed by atoms with van der Waals surface area (Å²) in [7, 11) is 0. The number of hydrogen-bond donors (Lipinski definition) is 3. The second kappa shape index (κ2) is 2.95. The van der Waals surface area contributed by atoms with Gasteiger partial charge in [0, 0.05) is 12.6 Å². The summed E-state index contributed by atoms with van der Waals surface area (Å²) in [5, 5.41) is 5.88. The van der Waals surface area contributed by atoms with Crippen LogP contribution < -0.4 is 16.4 Å². The number of nitrogens with two attached hydrogens (primary N) is 1. The second-order valence-corrected chi connectivity index (χ2v) is 4.40. The zero-order chi connectivity index (χ0) is 10.3. The van der Waals surface area contributed by atoms with E-state index in [1.54, 1.807) is 0 Å². The topological polar surface area (TPSA) is 84.2 Å². The van der Waals surface area contributed by atoms with E-state index in [1.807, 2.05) is 6.92 Å². The lowest BCUT2D eigenvalue weighted by Crippen LogP contribution is -2.36. The SMILES string of the molecule is CC1C[C@]2(CN[C@H](C(N)=O)C2)C(=O)N1. The molecule has 14 heavy (non-hydrogen) atoms. The van der Waals surface area contributed by atoms with Crippen molar-refractivity contribution in [3.63, 3.8) is 0 Å². The zero-order valence-electron chi connectivity index (χ0n) is 8.17. The minimum absolute atomic E-state index is 0.0567. The first kappa shape index (κ1) is 9.45. The van der Waals surface area contributed by atoms with Crippen LogP contribution in [0.15, 0.2) is 0 Å². The Hall–Kier alpha value is -1.10. The molecule has 2 aliphatic heterocycles. The first-order valence-electron chi connectivity index (χ1n) is 4.87. The van der Waals surface area contributed by atoms with E-state index in [0.29, 0.717) is 13.0 Å². The van der Waals surface area contributed by atoms with Gasteiger partial charge in [-0.2, -0.15) is 0 Å². The highest BCUT2D eigenvalue weighted by atomic mass is 16.2. The van der Waals surface area contributed by atoms with E-state index in [9.17, 15) is 9.59 Å². The Kier molecular flexibility index (Phi) is 1.99. The molecule has 3 atom stereocenters. The molecule has 0 aromatic rings. The Balaban J connectivity index is 2.13. The molecule has 2 heterocycles. The Labute approximate surface area is 82.4 Å². The summed E-state index contributed by atoms with van der Waals surface area (Å²) < 4.78 is 0. The first-order chi connectivity index (χ1) is 6.53. The van der Waals surface area contributed by atoms with Gasteiger partial charge in [-0.05, 0) is 19.8 Å². The van der Waals surface area contributed by atoms with Crippen molar-refractivity contribution in [2.45, 2.75) is 31.8 Å². The van der Waals surface area contributed by atoms with E-state index >= 15 is 0 Å². The van der Waals surface area contributed by atoms with Gasteiger partial charge in [-0.3, -0.25) is 9.59 Å². The normalized spacial score (nSPS) is 41.6. The Bertz CT molecular complexity index is 292. The molecule has 0 bridgehead atoms. The van der Waals surface area contributed by atoms with Gasteiger partial charge >= 0.3 is 0 Å². The number of hydrogen-bond acceptors (Lipinski definition) is 3. The molecular weight excluding hydrogens is 182 g/mol. The average Bonchev–Trinajstić information content (AvgIpc) is 2.59. The number of amides is 2. The molecule has 0 aromatic carbocycles. The summed E-state index contributed by atoms with van der Waals surface area (Å²) in [6, 6.07) is -0.137. The molecule has 1 unspecified atom stereocenters. The lowest BCUT2D eigenvalue weighted by molar-refractivity contribution is -0.127. The van der Waals surface area contributed by atoms with Crippen LogP contribution in [0.5, 0.6) is 0 Å². The van der Waals surface area contributed by atoms with Crippen molar-refractivity contribution < 1.29 is 9.59 Å². The molecule has 0 aliphatic carbocycles. The predicted molar refractivity (Wildman–Crippen MR) is 50.3 cm³/mol. The summed E-state index contributed by atoms with van der Waals surface area (Å²) in [6.07, 6.45) is 1.33. The molecule has 2 saturated heterocycles. The van der Waals surface area contributed by atoms with Crippen molar-refractivity contribution in [3.05, 3.63) is 0 Å². The lowest BCUT2D eigenvalue weighted by atomic mass is 9.82. The Morgan fingerprint density at radius 1 is 1.57 bits per heavy atom. The van der Waals surface area contributed by atoms with E-state index in [4.69, 9.17) is 5.73 Å². The van der Waals surface area contributed by atoms with Crippen LogP contribution in [-0.4, -0.2) is 30.4 Å². The van der Waals surface area contributed by atoms with Crippen LogP contribution in [0.4, 0.5) is 0 Å². The van der Waals surface area contributed by atoms with E-state index in [2.05, 4.69) is 10.6 Å². The molecule has 1 spiro atoms. The minimum atomic E-state index is -0.390. The molecule has 5 heteroatoms. The second-order valence-electron chi connectivity index (χ2n) is 4.40. The number of primary amides is 1. The monoisotopic (exact) mass is 197 g/mol. The third kappa shape index (κ3) is 1.28. The lowest BCUT2D eigenvalue weighted by Gasteiger charge is -2.17. The summed E-state index contributed by atoms with van der Waals surface area (Å²) in [6.45, 7) is 2.54. The van der Waals surface area contributed by atoms with E-state index in [0.717, 1.165) is 6.42 Å². The molecule has 5 nitrogen and oxygen atoms in total. The highest BCUT2D eigenvalue weighted by Gasteiger charge is 2.51. The minimum Gasteiger partial charge on any atom is -0.368 e. The number of rotatable bonds is 1. The van der Waals surface area contributed by atoms with Gasteiger partial charge < -0.3 is 16.4 Å². The molecule has 2 rings (SSSR count). The quantitative estimate of drug-likeness (QED) is 0.490. The fourth-order valence-electron chi connectivity index (χ4n) is 2.49. The molecule has 2 fully saturated rings. The number of nitrogens with one attached hydrogen (secondary N) is 2. The van der Waals surface area contributed by atoms with Crippen LogP contribution in [0.3, 0.4) is 0 Å². The van der Waals surface area contributed by atoms with Crippen LogP contribution >= 0.6 is 0 Å². The summed E-state index contributed by atoms with van der Waals surface area (Å²) >= 11 is 0. The largest absolute Gasteiger partial charge is 0.368 e. The van der Waals surface area contributed by atoms with E-state index in [-0.39, 0.29) is 29.3 Å². The Morgan fingerprint density at radius 3 is 2.71 bits per heavy atom. The van der Waals surface area contributed by atoms with Gasteiger partial charge in [0.2, 0.25) is 11.8 Å². The van der Waals surface area contributed by atoms with E-state index in [1.165, 1.54) is 0 Å². The van der Waals surface area contributed by atoms with Crippen LogP contribution in [0, 0.1) is 5.41 Å². The standard InChI is InChI=1S/C9H15N3O2/c1-5-2-9(8(14)12-5)3-6(7(10)13)11-4-9/h5-6,11H,2-4H2,1H3,(H2,10,13)(H,12,14)/t5?,6-,9-/m0/s1. The highest BCUT2D eigenvalue weighted by Crippen LogP contribution is 2.38. The first-order valence-corrected chi connectivity index (χ1v) is 4.87. The molecule has 0 radical (unpaired) electrons. The van der Waals surface area contributed by atoms with Crippen molar-refractivity contribution in [1.29, 1.82) is 0 Å². The fraction of sp³-hybridized carbons (Fsp3) is 0.778. The van der Waals surface area contributed by atoms with Crippen molar-refractivity contribution in [3.8, 4) is 0 Å². The zero-order valence-corrected chi connectivity index (χ0v) is 8.17. The maximum Gasteiger partial charge on any atom is 0.234 e. The summed E-state index contributed by atoms with van der Waals surface area (Å²) in [5.74, 6) is -0.310. The molecule has 2 amide bonds. The van der Waals surface area contributed by atoms with Crippen LogP contribution in [-0.2, 0) is 9.59 Å². The Morgan fingerprint density at radius 2 is 2.29 bits per heavy atom. The molecule has 78 valence electrons. The molecular formula is C9H15N3O2. The maximum absolute atomic E-state index is 11.7. The number of carbonyl (C=O) groups is 2. The van der Waals surface area contributed by atoms with Crippen molar-refractivity contribution in [1.82, 2.24) is 10.6 Å². The molecule has 4 N–H and O–H groups in total. The number of carbonyl (C=O) groups excluding carboxylic acids is 2. The van der Waals surface area contributed by atoms with E-state index < -0.39 is 0 Å². The van der Waals surface area contributed by atoms with Crippen LogP contribution in [0.2, 0.25) is 0 Å². The van der Waals surface area contributed by atoms with Gasteiger partial charge in [0.15, 0.2) is 0 Å². The van der Waals surface area contributed by atoms with Crippen molar-refractivity contribution in [2.24, 2.45) is 11.1 Å². The third-order valence-electron chi connectivity index (χ3n) is 3.18. The summed E-state index contributed by atoms with van der Waals surface area (Å²) in [4.78, 5) is 22.6. The predicted octanol–water partition coefficient (Wildman–Crippen LogP) is -1.27.